The number of aliphatic imine (C=N–C) groups is 1. The van der Waals surface area contributed by atoms with Gasteiger partial charge in [0.1, 0.15) is 6.04 Å². The number of hydrogen-bond acceptors (Lipinski definition) is 3. The van der Waals surface area contributed by atoms with Gasteiger partial charge in [-0.1, -0.05) is 12.1 Å². The maximum absolute atomic E-state index is 12.9. The number of rotatable bonds is 4. The molecule has 1 heterocycles. The van der Waals surface area contributed by atoms with Crippen molar-refractivity contribution in [2.24, 2.45) is 4.99 Å². The van der Waals surface area contributed by atoms with E-state index in [1.807, 2.05) is 42.1 Å². The third kappa shape index (κ3) is 6.70. The summed E-state index contributed by atoms with van der Waals surface area (Å²) in [7, 11) is 5.68. The Bertz CT molecular complexity index is 613. The molecule has 0 amide bonds. The average molecular weight is 499 g/mol. The van der Waals surface area contributed by atoms with Crippen molar-refractivity contribution in [2.75, 3.05) is 52.2 Å². The number of anilines is 1. The van der Waals surface area contributed by atoms with Crippen molar-refractivity contribution in [1.29, 1.82) is 0 Å². The van der Waals surface area contributed by atoms with E-state index >= 15 is 0 Å². The zero-order valence-electron chi connectivity index (χ0n) is 16.3. The van der Waals surface area contributed by atoms with Crippen LogP contribution in [0.25, 0.3) is 0 Å². The summed E-state index contributed by atoms with van der Waals surface area (Å²) in [5.41, 5.74) is 2.25. The van der Waals surface area contributed by atoms with E-state index in [0.29, 0.717) is 32.7 Å². The lowest BCUT2D eigenvalue weighted by atomic mass is 10.2. The fourth-order valence-electron chi connectivity index (χ4n) is 2.99. The highest BCUT2D eigenvalue weighted by molar-refractivity contribution is 14.0. The van der Waals surface area contributed by atoms with Gasteiger partial charge in [0.25, 0.3) is 0 Å². The molecule has 1 aromatic rings. The number of hydrogen-bond donors (Lipinski definition) is 1. The predicted octanol–water partition coefficient (Wildman–Crippen LogP) is 3.01. The minimum absolute atomic E-state index is 0. The second-order valence-electron chi connectivity index (χ2n) is 6.71. The Labute approximate surface area is 176 Å². The van der Waals surface area contributed by atoms with Gasteiger partial charge < -0.3 is 15.1 Å². The molecule has 1 unspecified atom stereocenters. The summed E-state index contributed by atoms with van der Waals surface area (Å²) in [6.45, 7) is 3.64. The normalized spacial score (nSPS) is 17.3. The molecule has 1 fully saturated rings. The molecule has 2 rings (SSSR count). The van der Waals surface area contributed by atoms with Crippen molar-refractivity contribution in [3.8, 4) is 0 Å². The first-order valence-electron chi connectivity index (χ1n) is 8.75. The Kier molecular flexibility index (Phi) is 9.13. The molecule has 1 aliphatic rings. The van der Waals surface area contributed by atoms with Crippen molar-refractivity contribution in [3.63, 3.8) is 0 Å². The molecule has 9 heteroatoms. The highest BCUT2D eigenvalue weighted by Gasteiger charge is 2.41. The van der Waals surface area contributed by atoms with E-state index in [1.165, 1.54) is 11.8 Å². The molecule has 0 spiro atoms. The summed E-state index contributed by atoms with van der Waals surface area (Å²) < 4.78 is 38.6. The molecule has 0 bridgehead atoms. The maximum atomic E-state index is 12.9. The summed E-state index contributed by atoms with van der Waals surface area (Å²) in [6, 6.07) is 6.78. The Morgan fingerprint density at radius 3 is 2.37 bits per heavy atom. The molecule has 0 aromatic heterocycles. The van der Waals surface area contributed by atoms with E-state index in [9.17, 15) is 13.2 Å². The van der Waals surface area contributed by atoms with Crippen LogP contribution < -0.4 is 10.2 Å². The number of nitrogens with zero attached hydrogens (tertiary/aromatic N) is 4. The highest BCUT2D eigenvalue weighted by atomic mass is 127. The van der Waals surface area contributed by atoms with E-state index in [1.54, 1.807) is 7.05 Å². The Hall–Kier alpha value is -1.23. The van der Waals surface area contributed by atoms with Crippen LogP contribution in [0.4, 0.5) is 18.9 Å². The first-order valence-corrected chi connectivity index (χ1v) is 8.75. The van der Waals surface area contributed by atoms with Crippen LogP contribution in [-0.2, 0) is 6.54 Å². The topological polar surface area (TPSA) is 34.1 Å². The molecular formula is C18H29F3IN5. The van der Waals surface area contributed by atoms with E-state index in [0.717, 1.165) is 17.2 Å². The van der Waals surface area contributed by atoms with Crippen molar-refractivity contribution in [2.45, 2.75) is 25.7 Å². The van der Waals surface area contributed by atoms with E-state index < -0.39 is 12.2 Å². The molecule has 1 saturated heterocycles. The van der Waals surface area contributed by atoms with Gasteiger partial charge in [-0.05, 0) is 24.6 Å². The lowest BCUT2D eigenvalue weighted by Crippen LogP contribution is -2.56. The van der Waals surface area contributed by atoms with Gasteiger partial charge in [0.05, 0.1) is 0 Å². The Morgan fingerprint density at radius 2 is 1.85 bits per heavy atom. The van der Waals surface area contributed by atoms with Crippen molar-refractivity contribution in [1.82, 2.24) is 15.1 Å². The monoisotopic (exact) mass is 499 g/mol. The Balaban J connectivity index is 0.00000364. The van der Waals surface area contributed by atoms with Crippen LogP contribution >= 0.6 is 24.0 Å². The van der Waals surface area contributed by atoms with Crippen LogP contribution in [0.1, 0.15) is 12.5 Å². The third-order valence-electron chi connectivity index (χ3n) is 4.72. The minimum atomic E-state index is -4.18. The van der Waals surface area contributed by atoms with E-state index in [4.69, 9.17) is 0 Å². The minimum Gasteiger partial charge on any atom is -0.378 e. The van der Waals surface area contributed by atoms with Crippen molar-refractivity contribution < 1.29 is 13.2 Å². The van der Waals surface area contributed by atoms with Crippen LogP contribution in [-0.4, -0.2) is 75.3 Å². The first-order chi connectivity index (χ1) is 12.2. The van der Waals surface area contributed by atoms with Crippen LogP contribution in [0.2, 0.25) is 0 Å². The largest absolute Gasteiger partial charge is 0.403 e. The van der Waals surface area contributed by atoms with Gasteiger partial charge in [0, 0.05) is 59.6 Å². The van der Waals surface area contributed by atoms with Crippen molar-refractivity contribution >= 4 is 35.6 Å². The van der Waals surface area contributed by atoms with E-state index in [-0.39, 0.29) is 24.0 Å². The average Bonchev–Trinajstić information content (AvgIpc) is 2.61. The lowest BCUT2D eigenvalue weighted by Gasteiger charge is -2.39. The Morgan fingerprint density at radius 1 is 1.22 bits per heavy atom. The van der Waals surface area contributed by atoms with Crippen molar-refractivity contribution in [3.05, 3.63) is 29.8 Å². The smallest absolute Gasteiger partial charge is 0.378 e. The van der Waals surface area contributed by atoms with Gasteiger partial charge in [-0.25, -0.2) is 0 Å². The van der Waals surface area contributed by atoms with Gasteiger partial charge >= 0.3 is 6.18 Å². The summed E-state index contributed by atoms with van der Waals surface area (Å²) in [5, 5.41) is 3.31. The van der Waals surface area contributed by atoms with Crippen LogP contribution in [0.3, 0.4) is 0 Å². The standard InChI is InChI=1S/C18H28F3N5.HI/c1-14(18(19,20)21)25-8-10-26(11-9-25)17(22-2)23-13-15-6-5-7-16(12-15)24(3)4;/h5-7,12,14H,8-11,13H2,1-4H3,(H,22,23);1H. The first kappa shape index (κ1) is 23.8. The second kappa shape index (κ2) is 10.4. The maximum Gasteiger partial charge on any atom is 0.403 e. The summed E-state index contributed by atoms with van der Waals surface area (Å²) in [6.07, 6.45) is -4.18. The molecule has 1 aromatic carbocycles. The predicted molar refractivity (Wildman–Crippen MR) is 115 cm³/mol. The quantitative estimate of drug-likeness (QED) is 0.393. The molecule has 0 aliphatic carbocycles. The number of piperazine rings is 1. The summed E-state index contributed by atoms with van der Waals surface area (Å²) in [4.78, 5) is 9.81. The molecule has 0 saturated carbocycles. The van der Waals surface area contributed by atoms with Crippen LogP contribution in [0, 0.1) is 0 Å². The van der Waals surface area contributed by atoms with E-state index in [2.05, 4.69) is 16.4 Å². The third-order valence-corrected chi connectivity index (χ3v) is 4.72. The lowest BCUT2D eigenvalue weighted by molar-refractivity contribution is -0.181. The molecule has 0 radical (unpaired) electrons. The molecule has 5 nitrogen and oxygen atoms in total. The fourth-order valence-corrected chi connectivity index (χ4v) is 2.99. The van der Waals surface area contributed by atoms with Gasteiger partial charge in [-0.3, -0.25) is 9.89 Å². The van der Waals surface area contributed by atoms with Gasteiger partial charge in [-0.15, -0.1) is 24.0 Å². The SMILES string of the molecule is CN=C(NCc1cccc(N(C)C)c1)N1CCN(C(C)C(F)(F)F)CC1.I. The second-order valence-corrected chi connectivity index (χ2v) is 6.71. The zero-order valence-corrected chi connectivity index (χ0v) is 18.6. The zero-order chi connectivity index (χ0) is 19.3. The van der Waals surface area contributed by atoms with Crippen LogP contribution in [0.5, 0.6) is 0 Å². The van der Waals surface area contributed by atoms with Gasteiger partial charge in [0.2, 0.25) is 0 Å². The molecule has 1 aliphatic heterocycles. The highest BCUT2D eigenvalue weighted by Crippen LogP contribution is 2.25. The molecule has 1 atom stereocenters. The molecule has 27 heavy (non-hydrogen) atoms. The number of benzene rings is 1. The van der Waals surface area contributed by atoms with Gasteiger partial charge in [-0.2, -0.15) is 13.2 Å². The molecule has 1 N–H and O–H groups in total. The number of alkyl halides is 3. The summed E-state index contributed by atoms with van der Waals surface area (Å²) >= 11 is 0. The fraction of sp³-hybridized carbons (Fsp3) is 0.611. The van der Waals surface area contributed by atoms with Crippen LogP contribution in [0.15, 0.2) is 29.3 Å². The summed E-state index contributed by atoms with van der Waals surface area (Å²) in [5.74, 6) is 0.722. The van der Waals surface area contributed by atoms with Gasteiger partial charge in [0.15, 0.2) is 5.96 Å². The molecular weight excluding hydrogens is 470 g/mol. The number of guanidine groups is 1. The molecule has 154 valence electrons. The number of halogens is 4. The number of nitrogens with one attached hydrogen (secondary N) is 1.